The van der Waals surface area contributed by atoms with Gasteiger partial charge in [-0.3, -0.25) is 4.79 Å². The molecule has 10 heteroatoms. The van der Waals surface area contributed by atoms with Crippen LogP contribution in [0.3, 0.4) is 0 Å². The minimum atomic E-state index is -5.02. The first kappa shape index (κ1) is 20.9. The quantitative estimate of drug-likeness (QED) is 0.624. The SMILES string of the molecule is CCOc1ccc(Cl)cc1C(=O)Nc1cc(C(F)(F)F)cc(C(F)(F)F)c1. The lowest BCUT2D eigenvalue weighted by atomic mass is 10.1. The fourth-order valence-electron chi connectivity index (χ4n) is 2.19. The van der Waals surface area contributed by atoms with Gasteiger partial charge in [-0.1, -0.05) is 11.6 Å². The zero-order valence-electron chi connectivity index (χ0n) is 13.6. The molecule has 0 aliphatic carbocycles. The summed E-state index contributed by atoms with van der Waals surface area (Å²) in [5.41, 5.74) is -3.87. The molecule has 0 saturated heterocycles. The van der Waals surface area contributed by atoms with Crippen LogP contribution in [0, 0.1) is 0 Å². The van der Waals surface area contributed by atoms with Gasteiger partial charge in [-0.25, -0.2) is 0 Å². The Kier molecular flexibility index (Phi) is 5.94. The zero-order chi connectivity index (χ0) is 20.4. The average Bonchev–Trinajstić information content (AvgIpc) is 2.54. The van der Waals surface area contributed by atoms with Crippen LogP contribution in [0.1, 0.15) is 28.4 Å². The number of ether oxygens (including phenoxy) is 1. The smallest absolute Gasteiger partial charge is 0.416 e. The van der Waals surface area contributed by atoms with Gasteiger partial charge in [0, 0.05) is 10.7 Å². The van der Waals surface area contributed by atoms with E-state index < -0.39 is 35.1 Å². The molecule has 1 amide bonds. The maximum atomic E-state index is 12.9. The van der Waals surface area contributed by atoms with Crippen molar-refractivity contribution in [2.24, 2.45) is 0 Å². The number of carbonyl (C=O) groups excluding carboxylic acids is 1. The highest BCUT2D eigenvalue weighted by atomic mass is 35.5. The van der Waals surface area contributed by atoms with Crippen LogP contribution in [0.4, 0.5) is 32.0 Å². The lowest BCUT2D eigenvalue weighted by Crippen LogP contribution is -2.16. The molecule has 2 aromatic carbocycles. The summed E-state index contributed by atoms with van der Waals surface area (Å²) in [7, 11) is 0. The van der Waals surface area contributed by atoms with Crippen LogP contribution in [0.25, 0.3) is 0 Å². The Bertz CT molecular complexity index is 816. The van der Waals surface area contributed by atoms with Gasteiger partial charge in [0.2, 0.25) is 0 Å². The first-order chi connectivity index (χ1) is 12.4. The van der Waals surface area contributed by atoms with E-state index >= 15 is 0 Å². The number of nitrogens with one attached hydrogen (secondary N) is 1. The molecular weight excluding hydrogens is 400 g/mol. The Morgan fingerprint density at radius 1 is 1.00 bits per heavy atom. The van der Waals surface area contributed by atoms with Crippen LogP contribution < -0.4 is 10.1 Å². The summed E-state index contributed by atoms with van der Waals surface area (Å²) in [5.74, 6) is -0.879. The number of amides is 1. The molecule has 0 radical (unpaired) electrons. The third kappa shape index (κ3) is 5.29. The van der Waals surface area contributed by atoms with Gasteiger partial charge in [-0.05, 0) is 43.3 Å². The minimum absolute atomic E-state index is 0.0271. The van der Waals surface area contributed by atoms with Crippen molar-refractivity contribution in [3.63, 3.8) is 0 Å². The first-order valence-electron chi connectivity index (χ1n) is 7.45. The number of hydrogen-bond acceptors (Lipinski definition) is 2. The van der Waals surface area contributed by atoms with Crippen molar-refractivity contribution in [3.8, 4) is 5.75 Å². The highest BCUT2D eigenvalue weighted by molar-refractivity contribution is 6.31. The molecule has 0 aliphatic heterocycles. The maximum absolute atomic E-state index is 12.9. The van der Waals surface area contributed by atoms with E-state index in [2.05, 4.69) is 0 Å². The Balaban J connectivity index is 2.45. The molecule has 2 rings (SSSR count). The van der Waals surface area contributed by atoms with Crippen molar-refractivity contribution in [2.75, 3.05) is 11.9 Å². The standard InChI is InChI=1S/C17H12ClF6NO2/c1-2-27-14-4-3-11(18)8-13(14)15(26)25-12-6-9(16(19,20)21)5-10(7-12)17(22,23)24/h3-8H,2H2,1H3,(H,25,26). The predicted octanol–water partition coefficient (Wildman–Crippen LogP) is 6.03. The fourth-order valence-corrected chi connectivity index (χ4v) is 2.36. The number of anilines is 1. The predicted molar refractivity (Wildman–Crippen MR) is 87.0 cm³/mol. The van der Waals surface area contributed by atoms with Crippen LogP contribution in [0.2, 0.25) is 5.02 Å². The lowest BCUT2D eigenvalue weighted by molar-refractivity contribution is -0.143. The second kappa shape index (κ2) is 7.67. The zero-order valence-corrected chi connectivity index (χ0v) is 14.4. The van der Waals surface area contributed by atoms with Crippen molar-refractivity contribution in [1.29, 1.82) is 0 Å². The van der Waals surface area contributed by atoms with E-state index in [9.17, 15) is 31.1 Å². The molecule has 0 heterocycles. The summed E-state index contributed by atoms with van der Waals surface area (Å²) in [6.45, 7) is 1.82. The molecule has 1 N–H and O–H groups in total. The number of rotatable bonds is 4. The van der Waals surface area contributed by atoms with Crippen LogP contribution >= 0.6 is 11.6 Å². The summed E-state index contributed by atoms with van der Waals surface area (Å²) in [6, 6.07) is 4.79. The average molecular weight is 412 g/mol. The Hall–Kier alpha value is -2.42. The van der Waals surface area contributed by atoms with E-state index in [-0.39, 0.29) is 29.0 Å². The topological polar surface area (TPSA) is 38.3 Å². The van der Waals surface area contributed by atoms with Crippen molar-refractivity contribution in [3.05, 3.63) is 58.1 Å². The molecule has 2 aromatic rings. The van der Waals surface area contributed by atoms with Crippen LogP contribution in [0.15, 0.2) is 36.4 Å². The Labute approximate surface area is 154 Å². The monoisotopic (exact) mass is 411 g/mol. The largest absolute Gasteiger partial charge is 0.493 e. The van der Waals surface area contributed by atoms with Crippen LogP contribution in [-0.4, -0.2) is 12.5 Å². The summed E-state index contributed by atoms with van der Waals surface area (Å²) >= 11 is 5.80. The molecule has 0 atom stereocenters. The second-order valence-corrected chi connectivity index (χ2v) is 5.76. The number of benzene rings is 2. The van der Waals surface area contributed by atoms with Gasteiger partial charge in [0.05, 0.1) is 23.3 Å². The Morgan fingerprint density at radius 3 is 2.04 bits per heavy atom. The summed E-state index contributed by atoms with van der Waals surface area (Å²) in [5, 5.41) is 2.17. The highest BCUT2D eigenvalue weighted by Crippen LogP contribution is 2.37. The third-order valence-electron chi connectivity index (χ3n) is 3.33. The van der Waals surface area contributed by atoms with E-state index in [0.29, 0.717) is 12.1 Å². The van der Waals surface area contributed by atoms with Gasteiger partial charge in [0.25, 0.3) is 5.91 Å². The van der Waals surface area contributed by atoms with E-state index in [1.807, 2.05) is 5.32 Å². The molecule has 146 valence electrons. The first-order valence-corrected chi connectivity index (χ1v) is 7.82. The van der Waals surface area contributed by atoms with Crippen molar-refractivity contribution in [2.45, 2.75) is 19.3 Å². The fraction of sp³-hybridized carbons (Fsp3) is 0.235. The molecule has 0 fully saturated rings. The second-order valence-electron chi connectivity index (χ2n) is 5.32. The van der Waals surface area contributed by atoms with Gasteiger partial charge >= 0.3 is 12.4 Å². The maximum Gasteiger partial charge on any atom is 0.416 e. The van der Waals surface area contributed by atoms with Gasteiger partial charge in [0.1, 0.15) is 5.75 Å². The molecule has 0 bridgehead atoms. The van der Waals surface area contributed by atoms with Crippen LogP contribution in [-0.2, 0) is 12.4 Å². The summed E-state index contributed by atoms with van der Waals surface area (Å²) < 4.78 is 82.6. The summed E-state index contributed by atoms with van der Waals surface area (Å²) in [6.07, 6.45) is -10.0. The minimum Gasteiger partial charge on any atom is -0.493 e. The summed E-state index contributed by atoms with van der Waals surface area (Å²) in [4.78, 5) is 12.4. The van der Waals surface area contributed by atoms with E-state index in [4.69, 9.17) is 16.3 Å². The number of carbonyl (C=O) groups is 1. The molecule has 27 heavy (non-hydrogen) atoms. The molecule has 0 spiro atoms. The van der Waals surface area contributed by atoms with Crippen LogP contribution in [0.5, 0.6) is 5.75 Å². The van der Waals surface area contributed by atoms with Crippen molar-refractivity contribution >= 4 is 23.2 Å². The number of hydrogen-bond donors (Lipinski definition) is 1. The van der Waals surface area contributed by atoms with E-state index in [0.717, 1.165) is 0 Å². The number of alkyl halides is 6. The molecule has 0 saturated carbocycles. The molecular formula is C17H12ClF6NO2. The van der Waals surface area contributed by atoms with Gasteiger partial charge < -0.3 is 10.1 Å². The van der Waals surface area contributed by atoms with Crippen molar-refractivity contribution < 1.29 is 35.9 Å². The third-order valence-corrected chi connectivity index (χ3v) is 3.57. The molecule has 0 aromatic heterocycles. The van der Waals surface area contributed by atoms with E-state index in [1.165, 1.54) is 18.2 Å². The normalized spacial score (nSPS) is 12.0. The van der Waals surface area contributed by atoms with Gasteiger partial charge in [0.15, 0.2) is 0 Å². The van der Waals surface area contributed by atoms with E-state index in [1.54, 1.807) is 6.92 Å². The molecule has 0 aliphatic rings. The highest BCUT2D eigenvalue weighted by Gasteiger charge is 2.37. The van der Waals surface area contributed by atoms with Crippen molar-refractivity contribution in [1.82, 2.24) is 0 Å². The lowest BCUT2D eigenvalue weighted by Gasteiger charge is -2.15. The molecule has 3 nitrogen and oxygen atoms in total. The number of halogens is 7. The molecule has 0 unspecified atom stereocenters. The Morgan fingerprint density at radius 2 is 1.56 bits per heavy atom. The van der Waals surface area contributed by atoms with Gasteiger partial charge in [-0.15, -0.1) is 0 Å². The van der Waals surface area contributed by atoms with Gasteiger partial charge in [-0.2, -0.15) is 26.3 Å².